The Morgan fingerprint density at radius 1 is 1.09 bits per heavy atom. The van der Waals surface area contributed by atoms with Gasteiger partial charge in [0, 0.05) is 19.0 Å². The first kappa shape index (κ1) is 24.8. The van der Waals surface area contributed by atoms with Gasteiger partial charge in [-0.3, -0.25) is 9.59 Å². The summed E-state index contributed by atoms with van der Waals surface area (Å²) in [6, 6.07) is 15.5. The highest BCUT2D eigenvalue weighted by atomic mass is 16.5. The minimum Gasteiger partial charge on any atom is -0.481 e. The molecule has 35 heavy (non-hydrogen) atoms. The van der Waals surface area contributed by atoms with Crippen molar-refractivity contribution in [3.63, 3.8) is 0 Å². The standard InChI is InChI=1S/C28H34N2O5/c1-3-18(2)15-25(26(31)30-14-8-9-19(16-30)27(32)33)29-28(34)35-17-24-22-12-6-4-10-20(22)21-11-5-7-13-23(21)24/h4-7,10-13,18-19,24-25H,3,8-9,14-17H2,1-2H3,(H,29,34)(H,32,33). The summed E-state index contributed by atoms with van der Waals surface area (Å²) in [5.41, 5.74) is 4.56. The molecule has 0 saturated carbocycles. The molecule has 3 unspecified atom stereocenters. The molecule has 0 aromatic heterocycles. The zero-order chi connectivity index (χ0) is 24.9. The van der Waals surface area contributed by atoms with Crippen molar-refractivity contribution in [1.29, 1.82) is 0 Å². The van der Waals surface area contributed by atoms with Crippen LogP contribution < -0.4 is 5.32 Å². The van der Waals surface area contributed by atoms with E-state index in [1.54, 1.807) is 4.90 Å². The Bertz CT molecular complexity index is 1040. The van der Waals surface area contributed by atoms with E-state index in [0.717, 1.165) is 28.7 Å². The van der Waals surface area contributed by atoms with Crippen molar-refractivity contribution >= 4 is 18.0 Å². The molecule has 3 atom stereocenters. The highest BCUT2D eigenvalue weighted by Crippen LogP contribution is 2.44. The van der Waals surface area contributed by atoms with Crippen LogP contribution in [0.25, 0.3) is 11.1 Å². The van der Waals surface area contributed by atoms with Gasteiger partial charge < -0.3 is 20.1 Å². The molecule has 7 heteroatoms. The number of ether oxygens (including phenoxy) is 1. The fourth-order valence-corrected chi connectivity index (χ4v) is 5.17. The van der Waals surface area contributed by atoms with Crippen LogP contribution in [0.4, 0.5) is 4.79 Å². The average Bonchev–Trinajstić information content (AvgIpc) is 3.20. The van der Waals surface area contributed by atoms with Crippen LogP contribution in [0.1, 0.15) is 56.6 Å². The van der Waals surface area contributed by atoms with Gasteiger partial charge in [-0.05, 0) is 47.4 Å². The summed E-state index contributed by atoms with van der Waals surface area (Å²) in [7, 11) is 0. The molecule has 1 aliphatic heterocycles. The van der Waals surface area contributed by atoms with Crippen LogP contribution in [0.15, 0.2) is 48.5 Å². The summed E-state index contributed by atoms with van der Waals surface area (Å²) in [4.78, 5) is 39.2. The normalized spacial score (nSPS) is 18.8. The molecule has 0 bridgehead atoms. The van der Waals surface area contributed by atoms with Crippen LogP contribution >= 0.6 is 0 Å². The fourth-order valence-electron chi connectivity index (χ4n) is 5.17. The maximum atomic E-state index is 13.3. The van der Waals surface area contributed by atoms with Gasteiger partial charge in [0.15, 0.2) is 0 Å². The van der Waals surface area contributed by atoms with Gasteiger partial charge in [-0.1, -0.05) is 68.8 Å². The van der Waals surface area contributed by atoms with Crippen LogP contribution in [-0.2, 0) is 14.3 Å². The number of likely N-dealkylation sites (tertiary alicyclic amines) is 1. The summed E-state index contributed by atoms with van der Waals surface area (Å²) >= 11 is 0. The lowest BCUT2D eigenvalue weighted by Gasteiger charge is -2.34. The van der Waals surface area contributed by atoms with Gasteiger partial charge in [-0.15, -0.1) is 0 Å². The predicted molar refractivity (Wildman–Crippen MR) is 133 cm³/mol. The number of carboxylic acid groups (broad SMARTS) is 1. The Morgan fingerprint density at radius 2 is 1.71 bits per heavy atom. The van der Waals surface area contributed by atoms with E-state index in [1.165, 1.54) is 0 Å². The molecule has 1 fully saturated rings. The van der Waals surface area contributed by atoms with Gasteiger partial charge in [0.05, 0.1) is 5.92 Å². The van der Waals surface area contributed by atoms with E-state index >= 15 is 0 Å². The number of fused-ring (bicyclic) bond motifs is 3. The largest absolute Gasteiger partial charge is 0.481 e. The van der Waals surface area contributed by atoms with Crippen LogP contribution in [0.3, 0.4) is 0 Å². The Morgan fingerprint density at radius 3 is 2.31 bits per heavy atom. The van der Waals surface area contributed by atoms with Crippen molar-refractivity contribution in [1.82, 2.24) is 10.2 Å². The number of amides is 2. The van der Waals surface area contributed by atoms with E-state index in [-0.39, 0.29) is 30.9 Å². The number of carboxylic acids is 1. The van der Waals surface area contributed by atoms with Gasteiger partial charge >= 0.3 is 12.1 Å². The molecule has 2 aliphatic rings. The Labute approximate surface area is 206 Å². The number of nitrogens with zero attached hydrogens (tertiary/aromatic N) is 1. The number of rotatable bonds is 8. The number of hydrogen-bond donors (Lipinski definition) is 2. The van der Waals surface area contributed by atoms with E-state index in [1.807, 2.05) is 38.1 Å². The van der Waals surface area contributed by atoms with E-state index < -0.39 is 24.0 Å². The third-order valence-corrected chi connectivity index (χ3v) is 7.35. The van der Waals surface area contributed by atoms with Gasteiger partial charge in [0.2, 0.25) is 5.91 Å². The first-order valence-corrected chi connectivity index (χ1v) is 12.5. The molecule has 0 radical (unpaired) electrons. The number of carbonyl (C=O) groups is 3. The van der Waals surface area contributed by atoms with Crippen molar-refractivity contribution in [2.24, 2.45) is 11.8 Å². The van der Waals surface area contributed by atoms with Gasteiger partial charge in [0.1, 0.15) is 12.6 Å². The van der Waals surface area contributed by atoms with Crippen molar-refractivity contribution < 1.29 is 24.2 Å². The zero-order valence-corrected chi connectivity index (χ0v) is 20.4. The molecule has 0 spiro atoms. The van der Waals surface area contributed by atoms with Gasteiger partial charge in [0.25, 0.3) is 0 Å². The SMILES string of the molecule is CCC(C)CC(NC(=O)OCC1c2ccccc2-c2ccccc21)C(=O)N1CCCC(C(=O)O)C1. The lowest BCUT2D eigenvalue weighted by atomic mass is 9.95. The second-order valence-corrected chi connectivity index (χ2v) is 9.73. The summed E-state index contributed by atoms with van der Waals surface area (Å²) < 4.78 is 5.67. The van der Waals surface area contributed by atoms with Crippen molar-refractivity contribution in [2.45, 2.75) is 51.5 Å². The summed E-state index contributed by atoms with van der Waals surface area (Å²) in [6.07, 6.45) is 1.93. The Kier molecular flexibility index (Phi) is 7.73. The summed E-state index contributed by atoms with van der Waals surface area (Å²) in [5.74, 6) is -1.52. The molecule has 2 amide bonds. The molecule has 1 saturated heterocycles. The highest BCUT2D eigenvalue weighted by Gasteiger charge is 2.34. The maximum Gasteiger partial charge on any atom is 0.407 e. The van der Waals surface area contributed by atoms with E-state index in [2.05, 4.69) is 29.6 Å². The number of piperidine rings is 1. The van der Waals surface area contributed by atoms with E-state index in [4.69, 9.17) is 4.74 Å². The van der Waals surface area contributed by atoms with Crippen molar-refractivity contribution in [3.8, 4) is 11.1 Å². The number of hydrogen-bond acceptors (Lipinski definition) is 4. The molecule has 186 valence electrons. The number of aliphatic carboxylic acids is 1. The van der Waals surface area contributed by atoms with Crippen LogP contribution in [0.2, 0.25) is 0 Å². The maximum absolute atomic E-state index is 13.3. The van der Waals surface area contributed by atoms with Crippen LogP contribution in [0.5, 0.6) is 0 Å². The van der Waals surface area contributed by atoms with Crippen LogP contribution in [-0.4, -0.2) is 53.7 Å². The third kappa shape index (κ3) is 5.50. The average molecular weight is 479 g/mol. The molecule has 7 nitrogen and oxygen atoms in total. The fraction of sp³-hybridized carbons (Fsp3) is 0.464. The zero-order valence-electron chi connectivity index (χ0n) is 20.4. The quantitative estimate of drug-likeness (QED) is 0.576. The van der Waals surface area contributed by atoms with Gasteiger partial charge in [-0.2, -0.15) is 0 Å². The summed E-state index contributed by atoms with van der Waals surface area (Å²) in [6.45, 7) is 4.94. The van der Waals surface area contributed by atoms with Crippen molar-refractivity contribution in [3.05, 3.63) is 59.7 Å². The second-order valence-electron chi connectivity index (χ2n) is 9.73. The molecule has 2 aromatic carbocycles. The molecule has 1 aliphatic carbocycles. The molecule has 2 N–H and O–H groups in total. The molecule has 4 rings (SSSR count). The molecule has 1 heterocycles. The molecular formula is C28H34N2O5. The smallest absolute Gasteiger partial charge is 0.407 e. The highest BCUT2D eigenvalue weighted by molar-refractivity contribution is 5.86. The minimum absolute atomic E-state index is 0.0599. The van der Waals surface area contributed by atoms with E-state index in [0.29, 0.717) is 25.8 Å². The molecular weight excluding hydrogens is 444 g/mol. The number of nitrogens with one attached hydrogen (secondary N) is 1. The topological polar surface area (TPSA) is 95.9 Å². The van der Waals surface area contributed by atoms with Crippen LogP contribution in [0, 0.1) is 11.8 Å². The lowest BCUT2D eigenvalue weighted by Crippen LogP contribution is -2.52. The number of carbonyl (C=O) groups excluding carboxylic acids is 2. The van der Waals surface area contributed by atoms with Gasteiger partial charge in [-0.25, -0.2) is 4.79 Å². The number of alkyl carbamates (subject to hydrolysis) is 1. The lowest BCUT2D eigenvalue weighted by molar-refractivity contribution is -0.146. The Hall–Kier alpha value is -3.35. The first-order chi connectivity index (χ1) is 16.9. The van der Waals surface area contributed by atoms with Crippen molar-refractivity contribution in [2.75, 3.05) is 19.7 Å². The van der Waals surface area contributed by atoms with E-state index in [9.17, 15) is 19.5 Å². The number of benzene rings is 2. The molecule has 2 aromatic rings. The minimum atomic E-state index is -0.884. The second kappa shape index (κ2) is 10.9. The monoisotopic (exact) mass is 478 g/mol. The third-order valence-electron chi connectivity index (χ3n) is 7.35. The summed E-state index contributed by atoms with van der Waals surface area (Å²) in [5, 5.41) is 12.2. The predicted octanol–water partition coefficient (Wildman–Crippen LogP) is 4.65. The first-order valence-electron chi connectivity index (χ1n) is 12.5. The Balaban J connectivity index is 1.43.